The topological polar surface area (TPSA) is 46.9 Å². The number of carbonyl (C=O) groups excluding carboxylic acids is 1. The van der Waals surface area contributed by atoms with Crippen molar-refractivity contribution in [2.45, 2.75) is 6.92 Å². The van der Waals surface area contributed by atoms with Crippen molar-refractivity contribution in [1.82, 2.24) is 9.89 Å². The molecule has 20 heavy (non-hydrogen) atoms. The van der Waals surface area contributed by atoms with Crippen LogP contribution in [0.3, 0.4) is 0 Å². The van der Waals surface area contributed by atoms with E-state index < -0.39 is 0 Å². The second-order valence-corrected chi connectivity index (χ2v) is 4.85. The van der Waals surface area contributed by atoms with Crippen LogP contribution >= 0.6 is 0 Å². The SMILES string of the molecule is CCNn1nc2c3c(cccc31)C(=O)c1ccccc1-2. The molecule has 0 saturated carbocycles. The van der Waals surface area contributed by atoms with Gasteiger partial charge in [0.05, 0.1) is 5.52 Å². The van der Waals surface area contributed by atoms with Gasteiger partial charge in [0.15, 0.2) is 5.78 Å². The number of benzene rings is 2. The first-order valence-electron chi connectivity index (χ1n) is 6.71. The Hall–Kier alpha value is -2.62. The average Bonchev–Trinajstić information content (AvgIpc) is 2.85. The molecule has 4 heteroatoms. The number of hydrogen-bond donors (Lipinski definition) is 1. The number of rotatable bonds is 2. The molecule has 0 atom stereocenters. The molecule has 0 unspecified atom stereocenters. The van der Waals surface area contributed by atoms with Gasteiger partial charge in [0.1, 0.15) is 5.69 Å². The van der Waals surface area contributed by atoms with E-state index in [2.05, 4.69) is 10.5 Å². The molecule has 4 rings (SSSR count). The minimum atomic E-state index is 0.0785. The maximum absolute atomic E-state index is 12.6. The molecule has 0 radical (unpaired) electrons. The number of hydrogen-bond acceptors (Lipinski definition) is 3. The molecule has 0 amide bonds. The van der Waals surface area contributed by atoms with Gasteiger partial charge in [-0.05, 0) is 13.0 Å². The highest BCUT2D eigenvalue weighted by molar-refractivity contribution is 6.25. The quantitative estimate of drug-likeness (QED) is 0.605. The Kier molecular flexibility index (Phi) is 2.21. The van der Waals surface area contributed by atoms with Crippen LogP contribution in [0.2, 0.25) is 0 Å². The van der Waals surface area contributed by atoms with Gasteiger partial charge in [-0.25, -0.2) is 0 Å². The highest BCUT2D eigenvalue weighted by Crippen LogP contribution is 2.38. The first-order valence-corrected chi connectivity index (χ1v) is 6.71. The largest absolute Gasteiger partial charge is 0.310 e. The minimum absolute atomic E-state index is 0.0785. The van der Waals surface area contributed by atoms with Crippen molar-refractivity contribution < 1.29 is 4.79 Å². The van der Waals surface area contributed by atoms with Gasteiger partial charge in [-0.1, -0.05) is 36.4 Å². The number of carbonyl (C=O) groups is 1. The Labute approximate surface area is 116 Å². The third kappa shape index (κ3) is 1.30. The zero-order chi connectivity index (χ0) is 13.7. The summed E-state index contributed by atoms with van der Waals surface area (Å²) in [6.07, 6.45) is 0. The molecule has 0 fully saturated rings. The normalized spacial score (nSPS) is 12.6. The van der Waals surface area contributed by atoms with E-state index in [-0.39, 0.29) is 5.78 Å². The van der Waals surface area contributed by atoms with Crippen LogP contribution in [0.4, 0.5) is 0 Å². The summed E-state index contributed by atoms with van der Waals surface area (Å²) in [5.74, 6) is 0.0785. The lowest BCUT2D eigenvalue weighted by molar-refractivity contribution is 0.104. The van der Waals surface area contributed by atoms with Gasteiger partial charge < -0.3 is 5.43 Å². The van der Waals surface area contributed by atoms with E-state index in [1.165, 1.54) is 0 Å². The Bertz CT molecular complexity index is 848. The summed E-state index contributed by atoms with van der Waals surface area (Å²) in [6.45, 7) is 2.80. The van der Waals surface area contributed by atoms with Gasteiger partial charge in [0.25, 0.3) is 0 Å². The van der Waals surface area contributed by atoms with Gasteiger partial charge in [0, 0.05) is 28.6 Å². The van der Waals surface area contributed by atoms with Crippen LogP contribution in [0.1, 0.15) is 22.8 Å². The number of nitrogens with zero attached hydrogens (tertiary/aromatic N) is 2. The Morgan fingerprint density at radius 3 is 2.60 bits per heavy atom. The summed E-state index contributed by atoms with van der Waals surface area (Å²) < 4.78 is 0. The number of nitrogens with one attached hydrogen (secondary N) is 1. The van der Waals surface area contributed by atoms with E-state index in [0.717, 1.165) is 39.8 Å². The Morgan fingerprint density at radius 2 is 1.80 bits per heavy atom. The molecule has 0 saturated heterocycles. The molecule has 0 spiro atoms. The van der Waals surface area contributed by atoms with Crippen LogP contribution < -0.4 is 5.43 Å². The van der Waals surface area contributed by atoms with Crippen molar-refractivity contribution in [3.63, 3.8) is 0 Å². The lowest BCUT2D eigenvalue weighted by Crippen LogP contribution is -2.15. The third-order valence-electron chi connectivity index (χ3n) is 3.69. The Balaban J connectivity index is 2.15. The summed E-state index contributed by atoms with van der Waals surface area (Å²) in [7, 11) is 0. The maximum atomic E-state index is 12.6. The zero-order valence-electron chi connectivity index (χ0n) is 11.1. The molecule has 0 aliphatic heterocycles. The maximum Gasteiger partial charge on any atom is 0.194 e. The van der Waals surface area contributed by atoms with Gasteiger partial charge in [0.2, 0.25) is 0 Å². The van der Waals surface area contributed by atoms with Crippen molar-refractivity contribution >= 4 is 16.7 Å². The van der Waals surface area contributed by atoms with E-state index in [1.54, 1.807) is 4.79 Å². The van der Waals surface area contributed by atoms with Crippen LogP contribution in [-0.4, -0.2) is 22.2 Å². The lowest BCUT2D eigenvalue weighted by Gasteiger charge is -2.13. The highest BCUT2D eigenvalue weighted by Gasteiger charge is 2.28. The zero-order valence-corrected chi connectivity index (χ0v) is 11.1. The van der Waals surface area contributed by atoms with Crippen molar-refractivity contribution in [3.05, 3.63) is 53.6 Å². The summed E-state index contributed by atoms with van der Waals surface area (Å²) in [6, 6.07) is 13.4. The van der Waals surface area contributed by atoms with Gasteiger partial charge in [-0.3, -0.25) is 4.79 Å². The third-order valence-corrected chi connectivity index (χ3v) is 3.69. The average molecular weight is 263 g/mol. The molecular formula is C16H13N3O. The fourth-order valence-corrected chi connectivity index (χ4v) is 2.85. The molecule has 1 aromatic heterocycles. The smallest absolute Gasteiger partial charge is 0.194 e. The molecule has 4 nitrogen and oxygen atoms in total. The lowest BCUT2D eigenvalue weighted by atomic mass is 9.87. The summed E-state index contributed by atoms with van der Waals surface area (Å²) >= 11 is 0. The molecular weight excluding hydrogens is 250 g/mol. The fraction of sp³-hybridized carbons (Fsp3) is 0.125. The summed E-state index contributed by atoms with van der Waals surface area (Å²) in [5.41, 5.74) is 7.41. The first-order chi connectivity index (χ1) is 9.81. The molecule has 1 heterocycles. The van der Waals surface area contributed by atoms with E-state index >= 15 is 0 Å². The first kappa shape index (κ1) is 11.2. The van der Waals surface area contributed by atoms with Crippen molar-refractivity contribution in [3.8, 4) is 11.3 Å². The highest BCUT2D eigenvalue weighted by atomic mass is 16.1. The molecule has 3 aromatic rings. The predicted octanol–water partition coefficient (Wildman–Crippen LogP) is 2.81. The monoisotopic (exact) mass is 263 g/mol. The standard InChI is InChI=1S/C16H13N3O/c1-2-17-19-13-9-5-8-12-14(13)15(18-19)10-6-3-4-7-11(10)16(12)20/h3-9,17H,2H2,1H3. The van der Waals surface area contributed by atoms with Crippen LogP contribution in [0.15, 0.2) is 42.5 Å². The second kappa shape index (κ2) is 3.93. The summed E-state index contributed by atoms with van der Waals surface area (Å²) in [4.78, 5) is 14.4. The van der Waals surface area contributed by atoms with Crippen LogP contribution in [0, 0.1) is 0 Å². The summed E-state index contributed by atoms with van der Waals surface area (Å²) in [5, 5.41) is 5.58. The number of fused-ring (bicyclic) bond motifs is 2. The molecule has 1 aliphatic carbocycles. The van der Waals surface area contributed by atoms with Crippen LogP contribution in [-0.2, 0) is 0 Å². The van der Waals surface area contributed by atoms with Gasteiger partial charge >= 0.3 is 0 Å². The molecule has 2 aromatic carbocycles. The Morgan fingerprint density at radius 1 is 1.05 bits per heavy atom. The molecule has 1 N–H and O–H groups in total. The van der Waals surface area contributed by atoms with Gasteiger partial charge in [-0.2, -0.15) is 9.89 Å². The van der Waals surface area contributed by atoms with E-state index in [0.29, 0.717) is 0 Å². The number of ketones is 1. The van der Waals surface area contributed by atoms with Crippen LogP contribution in [0.25, 0.3) is 22.2 Å². The predicted molar refractivity (Wildman–Crippen MR) is 78.5 cm³/mol. The number of aromatic nitrogens is 2. The van der Waals surface area contributed by atoms with E-state index in [9.17, 15) is 4.79 Å². The molecule has 0 bridgehead atoms. The van der Waals surface area contributed by atoms with Gasteiger partial charge in [-0.15, -0.1) is 0 Å². The van der Waals surface area contributed by atoms with Crippen molar-refractivity contribution in [2.75, 3.05) is 12.0 Å². The molecule has 1 aliphatic rings. The van der Waals surface area contributed by atoms with E-state index in [1.807, 2.05) is 49.4 Å². The minimum Gasteiger partial charge on any atom is -0.310 e. The van der Waals surface area contributed by atoms with Crippen molar-refractivity contribution in [2.24, 2.45) is 0 Å². The molecule has 98 valence electrons. The fourth-order valence-electron chi connectivity index (χ4n) is 2.85. The second-order valence-electron chi connectivity index (χ2n) is 4.85. The van der Waals surface area contributed by atoms with Crippen molar-refractivity contribution in [1.29, 1.82) is 0 Å². The van der Waals surface area contributed by atoms with E-state index in [4.69, 9.17) is 0 Å². The van der Waals surface area contributed by atoms with Crippen LogP contribution in [0.5, 0.6) is 0 Å².